The molecule has 0 radical (unpaired) electrons. The summed E-state index contributed by atoms with van der Waals surface area (Å²) >= 11 is 5.93. The van der Waals surface area contributed by atoms with Crippen molar-refractivity contribution in [2.75, 3.05) is 32.7 Å². The summed E-state index contributed by atoms with van der Waals surface area (Å²) in [7, 11) is 2.85. The minimum Gasteiger partial charge on any atom is -0.469 e. The molecule has 1 rings (SSSR count). The van der Waals surface area contributed by atoms with Gasteiger partial charge in [-0.15, -0.1) is 0 Å². The van der Waals surface area contributed by atoms with E-state index in [1.165, 1.54) is 25.1 Å². The highest BCUT2D eigenvalue weighted by atomic mass is 35.5. The molecule has 1 aromatic heterocycles. The number of carbonyl (C=O) groups is 1. The quantitative estimate of drug-likeness (QED) is 0.737. The minimum atomic E-state index is -0.401. The smallest absolute Gasteiger partial charge is 0.307 e. The lowest BCUT2D eigenvalue weighted by atomic mass is 10.4. The molecule has 0 aliphatic carbocycles. The molecule has 0 bridgehead atoms. The highest BCUT2D eigenvalue weighted by molar-refractivity contribution is 6.32. The van der Waals surface area contributed by atoms with Gasteiger partial charge in [-0.05, 0) is 0 Å². The maximum Gasteiger partial charge on any atom is 0.307 e. The number of aromatic nitrogens is 2. The van der Waals surface area contributed by atoms with E-state index in [-0.39, 0.29) is 17.4 Å². The van der Waals surface area contributed by atoms with Crippen LogP contribution in [0.2, 0.25) is 5.02 Å². The van der Waals surface area contributed by atoms with Crippen molar-refractivity contribution in [3.05, 3.63) is 21.6 Å². The molecule has 0 saturated carbocycles. The van der Waals surface area contributed by atoms with E-state index in [2.05, 4.69) is 15.2 Å². The third-order valence-electron chi connectivity index (χ3n) is 2.36. The monoisotopic (exact) mass is 289 g/mol. The first-order valence-corrected chi connectivity index (χ1v) is 6.03. The SMILES string of the molecule is COCCn1ncc(NCCC(=O)OC)c(Cl)c1=O. The lowest BCUT2D eigenvalue weighted by molar-refractivity contribution is -0.140. The molecule has 0 aromatic carbocycles. The van der Waals surface area contributed by atoms with Crippen molar-refractivity contribution in [1.82, 2.24) is 9.78 Å². The molecular weight excluding hydrogens is 274 g/mol. The van der Waals surface area contributed by atoms with Gasteiger partial charge in [0.05, 0.1) is 38.6 Å². The standard InChI is InChI=1S/C11H16ClN3O4/c1-18-6-5-15-11(17)10(12)8(7-14-15)13-4-3-9(16)19-2/h7,13H,3-6H2,1-2H3. The molecule has 7 nitrogen and oxygen atoms in total. The largest absolute Gasteiger partial charge is 0.469 e. The third-order valence-corrected chi connectivity index (χ3v) is 2.73. The molecule has 1 aromatic rings. The predicted octanol–water partition coefficient (Wildman–Crippen LogP) is 0.518. The molecule has 0 aliphatic heterocycles. The first-order chi connectivity index (χ1) is 9.10. The van der Waals surface area contributed by atoms with E-state index in [9.17, 15) is 9.59 Å². The minimum absolute atomic E-state index is 0.0379. The number of ether oxygens (including phenoxy) is 2. The van der Waals surface area contributed by atoms with Crippen molar-refractivity contribution in [3.63, 3.8) is 0 Å². The Kier molecular flexibility index (Phi) is 6.31. The number of nitrogens with one attached hydrogen (secondary N) is 1. The number of esters is 1. The molecule has 0 spiro atoms. The van der Waals surface area contributed by atoms with Crippen LogP contribution in [0.4, 0.5) is 5.69 Å². The van der Waals surface area contributed by atoms with Gasteiger partial charge in [0.15, 0.2) is 0 Å². The van der Waals surface area contributed by atoms with Gasteiger partial charge in [0, 0.05) is 13.7 Å². The van der Waals surface area contributed by atoms with Crippen LogP contribution < -0.4 is 10.9 Å². The summed E-state index contributed by atoms with van der Waals surface area (Å²) in [5.41, 5.74) is -0.00831. The van der Waals surface area contributed by atoms with Crippen LogP contribution in [-0.4, -0.2) is 43.1 Å². The molecule has 0 saturated heterocycles. The zero-order valence-electron chi connectivity index (χ0n) is 10.8. The van der Waals surface area contributed by atoms with E-state index >= 15 is 0 Å². The van der Waals surface area contributed by atoms with Crippen molar-refractivity contribution in [1.29, 1.82) is 0 Å². The number of hydrogen-bond acceptors (Lipinski definition) is 6. The first kappa shape index (κ1) is 15.5. The van der Waals surface area contributed by atoms with Crippen LogP contribution in [0.1, 0.15) is 6.42 Å². The fraction of sp³-hybridized carbons (Fsp3) is 0.545. The van der Waals surface area contributed by atoms with Gasteiger partial charge in [-0.2, -0.15) is 5.10 Å². The van der Waals surface area contributed by atoms with Crippen molar-refractivity contribution in [2.45, 2.75) is 13.0 Å². The Morgan fingerprint density at radius 2 is 2.26 bits per heavy atom. The molecule has 1 heterocycles. The molecule has 0 unspecified atom stereocenters. The summed E-state index contributed by atoms with van der Waals surface area (Å²) in [6, 6.07) is 0. The van der Waals surface area contributed by atoms with Gasteiger partial charge >= 0.3 is 5.97 Å². The third kappa shape index (κ3) is 4.53. The second kappa shape index (κ2) is 7.75. The van der Waals surface area contributed by atoms with Crippen LogP contribution in [0.5, 0.6) is 0 Å². The second-order valence-corrected chi connectivity index (χ2v) is 4.02. The van der Waals surface area contributed by atoms with E-state index in [0.717, 1.165) is 0 Å². The van der Waals surface area contributed by atoms with Gasteiger partial charge in [-0.3, -0.25) is 9.59 Å². The molecule has 0 atom stereocenters. The Morgan fingerprint density at radius 1 is 1.53 bits per heavy atom. The number of rotatable bonds is 7. The summed E-state index contributed by atoms with van der Waals surface area (Å²) in [6.07, 6.45) is 1.62. The Hall–Kier alpha value is -1.60. The predicted molar refractivity (Wildman–Crippen MR) is 70.5 cm³/mol. The molecular formula is C11H16ClN3O4. The van der Waals surface area contributed by atoms with Crippen molar-refractivity contribution in [3.8, 4) is 0 Å². The Labute approximate surface area is 115 Å². The number of nitrogens with zero attached hydrogens (tertiary/aromatic N) is 2. The average molecular weight is 290 g/mol. The summed E-state index contributed by atoms with van der Waals surface area (Å²) in [5, 5.41) is 6.86. The highest BCUT2D eigenvalue weighted by Crippen LogP contribution is 2.14. The summed E-state index contributed by atoms with van der Waals surface area (Å²) in [6.45, 7) is 1.02. The average Bonchev–Trinajstić information content (AvgIpc) is 2.42. The Bertz CT molecular complexity index is 489. The van der Waals surface area contributed by atoms with Crippen molar-refractivity contribution in [2.24, 2.45) is 0 Å². The number of anilines is 1. The molecule has 106 valence electrons. The summed E-state index contributed by atoms with van der Waals surface area (Å²) in [5.74, 6) is -0.343. The number of hydrogen-bond donors (Lipinski definition) is 1. The summed E-state index contributed by atoms with van der Waals surface area (Å²) in [4.78, 5) is 22.8. The normalized spacial score (nSPS) is 10.3. The molecule has 0 aliphatic rings. The molecule has 1 N–H and O–H groups in total. The van der Waals surface area contributed by atoms with E-state index in [4.69, 9.17) is 16.3 Å². The van der Waals surface area contributed by atoms with Crippen LogP contribution >= 0.6 is 11.6 Å². The molecule has 8 heteroatoms. The lowest BCUT2D eigenvalue weighted by Crippen LogP contribution is -2.26. The zero-order valence-corrected chi connectivity index (χ0v) is 11.6. The van der Waals surface area contributed by atoms with Gasteiger partial charge < -0.3 is 14.8 Å². The van der Waals surface area contributed by atoms with Gasteiger partial charge in [0.2, 0.25) is 0 Å². The van der Waals surface area contributed by atoms with Crippen LogP contribution in [0.15, 0.2) is 11.0 Å². The van der Waals surface area contributed by atoms with Crippen LogP contribution in [0, 0.1) is 0 Å². The van der Waals surface area contributed by atoms with E-state index in [1.54, 1.807) is 0 Å². The maximum absolute atomic E-state index is 11.8. The van der Waals surface area contributed by atoms with Crippen molar-refractivity contribution >= 4 is 23.3 Å². The summed E-state index contributed by atoms with van der Waals surface area (Å²) < 4.78 is 10.6. The molecule has 0 fully saturated rings. The molecule has 0 amide bonds. The number of halogens is 1. The number of carbonyl (C=O) groups excluding carboxylic acids is 1. The fourth-order valence-electron chi connectivity index (χ4n) is 1.33. The maximum atomic E-state index is 11.8. The van der Waals surface area contributed by atoms with Crippen LogP contribution in [0.25, 0.3) is 0 Å². The van der Waals surface area contributed by atoms with Crippen molar-refractivity contribution < 1.29 is 14.3 Å². The van der Waals surface area contributed by atoms with E-state index in [0.29, 0.717) is 25.4 Å². The van der Waals surface area contributed by atoms with Crippen LogP contribution in [-0.2, 0) is 20.8 Å². The highest BCUT2D eigenvalue weighted by Gasteiger charge is 2.09. The fourth-order valence-corrected chi connectivity index (χ4v) is 1.54. The lowest BCUT2D eigenvalue weighted by Gasteiger charge is -2.09. The Balaban J connectivity index is 2.68. The molecule has 19 heavy (non-hydrogen) atoms. The van der Waals surface area contributed by atoms with Crippen LogP contribution in [0.3, 0.4) is 0 Å². The topological polar surface area (TPSA) is 82.4 Å². The first-order valence-electron chi connectivity index (χ1n) is 5.65. The van der Waals surface area contributed by atoms with Gasteiger partial charge in [-0.1, -0.05) is 11.6 Å². The van der Waals surface area contributed by atoms with Gasteiger partial charge in [0.25, 0.3) is 5.56 Å². The van der Waals surface area contributed by atoms with Gasteiger partial charge in [0.1, 0.15) is 5.02 Å². The van der Waals surface area contributed by atoms with E-state index in [1.807, 2.05) is 0 Å². The zero-order chi connectivity index (χ0) is 14.3. The Morgan fingerprint density at radius 3 is 2.89 bits per heavy atom. The van der Waals surface area contributed by atoms with Gasteiger partial charge in [-0.25, -0.2) is 4.68 Å². The number of methoxy groups -OCH3 is 2. The van der Waals surface area contributed by atoms with E-state index < -0.39 is 5.56 Å². The second-order valence-electron chi connectivity index (χ2n) is 3.65.